The van der Waals surface area contributed by atoms with Gasteiger partial charge in [-0.2, -0.15) is 0 Å². The maximum atomic E-state index is 13.7. The third kappa shape index (κ3) is 11.0. The van der Waals surface area contributed by atoms with E-state index in [0.717, 1.165) is 25.7 Å². The minimum absolute atomic E-state index is 0.108. The molecule has 3 fully saturated rings. The van der Waals surface area contributed by atoms with Gasteiger partial charge in [-0.25, -0.2) is 0 Å². The molecule has 0 aromatic carbocycles. The lowest BCUT2D eigenvalue weighted by molar-refractivity contribution is -0.301. The minimum atomic E-state index is -1.86. The minimum Gasteiger partial charge on any atom is -0.459 e. The van der Waals surface area contributed by atoms with Crippen LogP contribution in [0.1, 0.15) is 107 Å². The molecule has 54 heavy (non-hydrogen) atoms. The van der Waals surface area contributed by atoms with Gasteiger partial charge in [0.05, 0.1) is 41.6 Å². The first-order chi connectivity index (χ1) is 25.2. The Hall–Kier alpha value is -1.86. The number of likely N-dealkylation sites (N-methyl/N-ethyl adjacent to an activating group) is 1. The van der Waals surface area contributed by atoms with Crippen molar-refractivity contribution >= 4 is 11.7 Å². The number of terminal acetylenes is 1. The van der Waals surface area contributed by atoms with E-state index in [4.69, 9.17) is 35.4 Å². The molecule has 13 heteroatoms. The monoisotopic (exact) mass is 768 g/mol. The average Bonchev–Trinajstić information content (AvgIpc) is 3.14. The smallest absolute Gasteiger partial charge is 0.311 e. The molecule has 2 saturated heterocycles. The van der Waals surface area contributed by atoms with Gasteiger partial charge < -0.3 is 49.1 Å². The Kier molecular flexibility index (Phi) is 17.2. The van der Waals surface area contributed by atoms with E-state index in [-0.39, 0.29) is 31.1 Å². The molecule has 1 unspecified atom stereocenters. The van der Waals surface area contributed by atoms with E-state index < -0.39 is 77.7 Å². The molecule has 0 amide bonds. The Labute approximate surface area is 325 Å². The van der Waals surface area contributed by atoms with E-state index in [1.807, 2.05) is 32.7 Å². The second kappa shape index (κ2) is 20.0. The fourth-order valence-electron chi connectivity index (χ4n) is 8.90. The Balaban J connectivity index is 2.10. The van der Waals surface area contributed by atoms with Crippen LogP contribution in [-0.4, -0.2) is 149 Å². The van der Waals surface area contributed by atoms with Gasteiger partial charge in [-0.05, 0) is 93.8 Å². The predicted molar refractivity (Wildman–Crippen MR) is 207 cm³/mol. The van der Waals surface area contributed by atoms with Gasteiger partial charge in [0.2, 0.25) is 0 Å². The molecule has 3 rings (SSSR count). The van der Waals surface area contributed by atoms with E-state index in [1.54, 1.807) is 34.8 Å². The standard InChI is InChI=1S/C41H73N3O10/c1-14-16-21-44(12)31-22-25(4)51-39(35(31)46)53-37-27(6)34(45)28(7)38(48)52-32(15-2)41(9,49)36(47)26(5)33(24(3)23-40(37,8)50-13)42-54-30-19-17-29(18-20-30)43(10)11/h1,24-32,34-37,39,45-47,49H,15-23H2,2-13H3/b42-33+/t24-,25-,26+,27+,28-,29-,30+,31+,32-,34?,35-,36-,37-,39+,40-,41-/m1/s1. The predicted octanol–water partition coefficient (Wildman–Crippen LogP) is 3.58. The summed E-state index contributed by atoms with van der Waals surface area (Å²) in [7, 11) is 7.65. The van der Waals surface area contributed by atoms with Crippen LogP contribution in [0, 0.1) is 36.0 Å². The van der Waals surface area contributed by atoms with Crippen molar-refractivity contribution in [2.75, 3.05) is 34.8 Å². The molecule has 13 nitrogen and oxygen atoms in total. The van der Waals surface area contributed by atoms with Gasteiger partial charge in [-0.3, -0.25) is 9.69 Å². The number of hydrogen-bond donors (Lipinski definition) is 4. The fourth-order valence-corrected chi connectivity index (χ4v) is 8.90. The highest BCUT2D eigenvalue weighted by Gasteiger charge is 2.52. The highest BCUT2D eigenvalue weighted by molar-refractivity contribution is 5.88. The lowest BCUT2D eigenvalue weighted by Crippen LogP contribution is -2.60. The number of cyclic esters (lactones) is 1. The number of carbonyl (C=O) groups excluding carboxylic acids is 1. The lowest BCUT2D eigenvalue weighted by Gasteiger charge is -2.48. The number of carbonyl (C=O) groups is 1. The van der Waals surface area contributed by atoms with E-state index in [2.05, 4.69) is 24.9 Å². The first-order valence-electron chi connectivity index (χ1n) is 20.1. The first kappa shape index (κ1) is 46.5. The van der Waals surface area contributed by atoms with Crippen LogP contribution in [0.4, 0.5) is 0 Å². The van der Waals surface area contributed by atoms with Crippen molar-refractivity contribution in [2.45, 2.75) is 179 Å². The molecular formula is C41H73N3O10. The Morgan fingerprint density at radius 3 is 2.19 bits per heavy atom. The van der Waals surface area contributed by atoms with Crippen LogP contribution >= 0.6 is 0 Å². The zero-order chi connectivity index (χ0) is 40.7. The Morgan fingerprint density at radius 2 is 1.63 bits per heavy atom. The van der Waals surface area contributed by atoms with Crippen LogP contribution in [0.5, 0.6) is 0 Å². The van der Waals surface area contributed by atoms with Crippen LogP contribution in [0.15, 0.2) is 5.16 Å². The molecule has 0 bridgehead atoms. The quantitative estimate of drug-likeness (QED) is 0.146. The zero-order valence-corrected chi connectivity index (χ0v) is 35.1. The molecule has 0 aromatic heterocycles. The summed E-state index contributed by atoms with van der Waals surface area (Å²) >= 11 is 0. The summed E-state index contributed by atoms with van der Waals surface area (Å²) in [5.74, 6) is -0.983. The average molecular weight is 768 g/mol. The van der Waals surface area contributed by atoms with E-state index in [9.17, 15) is 25.2 Å². The summed E-state index contributed by atoms with van der Waals surface area (Å²) in [6, 6.07) is 0.167. The van der Waals surface area contributed by atoms with Crippen molar-refractivity contribution in [3.05, 3.63) is 0 Å². The van der Waals surface area contributed by atoms with Gasteiger partial charge in [0.25, 0.3) is 0 Å². The number of oxime groups is 1. The number of nitrogens with zero attached hydrogens (tertiary/aromatic N) is 3. The van der Waals surface area contributed by atoms with Crippen LogP contribution in [0.25, 0.3) is 0 Å². The summed E-state index contributed by atoms with van der Waals surface area (Å²) in [6.45, 7) is 14.7. The molecule has 0 spiro atoms. The van der Waals surface area contributed by atoms with Crippen molar-refractivity contribution in [1.82, 2.24) is 9.80 Å². The normalized spacial score (nSPS) is 44.1. The molecule has 3 aliphatic rings. The van der Waals surface area contributed by atoms with Crippen molar-refractivity contribution < 1.29 is 49.0 Å². The molecular weight excluding hydrogens is 694 g/mol. The molecule has 14 atom stereocenters. The van der Waals surface area contributed by atoms with E-state index >= 15 is 0 Å². The number of ether oxygens (including phenoxy) is 4. The van der Waals surface area contributed by atoms with Crippen molar-refractivity contribution in [3.63, 3.8) is 0 Å². The van der Waals surface area contributed by atoms with Crippen molar-refractivity contribution in [2.24, 2.45) is 28.8 Å². The molecule has 0 radical (unpaired) electrons. The maximum Gasteiger partial charge on any atom is 0.311 e. The number of esters is 1. The molecule has 4 N–H and O–H groups in total. The second-order valence-electron chi connectivity index (χ2n) is 17.2. The summed E-state index contributed by atoms with van der Waals surface area (Å²) in [6.07, 6.45) is 3.51. The number of aliphatic hydroxyl groups excluding tert-OH is 3. The van der Waals surface area contributed by atoms with E-state index in [0.29, 0.717) is 31.1 Å². The van der Waals surface area contributed by atoms with Gasteiger partial charge in [0.15, 0.2) is 6.29 Å². The summed E-state index contributed by atoms with van der Waals surface area (Å²) in [4.78, 5) is 24.2. The Bertz CT molecular complexity index is 1250. The van der Waals surface area contributed by atoms with Crippen molar-refractivity contribution in [3.8, 4) is 12.3 Å². The first-order valence-corrected chi connectivity index (χ1v) is 20.1. The summed E-state index contributed by atoms with van der Waals surface area (Å²) in [5, 5.41) is 52.0. The SMILES string of the molecule is C#CCCN(C)[C@H]1C[C@@H](C)O[C@@H](O[C@@H]2[C@@H](C)C(O)[C@@H](C)C(=O)O[C@H](CC)[C@@](C)(O)[C@H](O)[C@@H](C)/C(=N/O[C@H]3CC[C@@H](N(C)C)CC3)[C@H](C)C[C@@]2(C)OC)[C@@H]1O. The lowest BCUT2D eigenvalue weighted by atomic mass is 9.73. The topological polar surface area (TPSA) is 163 Å². The zero-order valence-electron chi connectivity index (χ0n) is 35.1. The van der Waals surface area contributed by atoms with Gasteiger partial charge >= 0.3 is 5.97 Å². The van der Waals surface area contributed by atoms with Crippen LogP contribution in [-0.2, 0) is 28.6 Å². The van der Waals surface area contributed by atoms with Gasteiger partial charge in [-0.1, -0.05) is 32.9 Å². The fraction of sp³-hybridized carbons (Fsp3) is 0.902. The molecule has 1 saturated carbocycles. The van der Waals surface area contributed by atoms with Gasteiger partial charge in [0, 0.05) is 49.9 Å². The highest BCUT2D eigenvalue weighted by atomic mass is 16.7. The third-order valence-corrected chi connectivity index (χ3v) is 12.8. The maximum absolute atomic E-state index is 13.7. The van der Waals surface area contributed by atoms with Crippen LogP contribution in [0.3, 0.4) is 0 Å². The van der Waals surface area contributed by atoms with E-state index in [1.165, 1.54) is 6.92 Å². The number of methoxy groups -OCH3 is 1. The van der Waals surface area contributed by atoms with Gasteiger partial charge in [0.1, 0.15) is 23.9 Å². The number of aliphatic hydroxyl groups is 4. The van der Waals surface area contributed by atoms with Crippen LogP contribution < -0.4 is 0 Å². The summed E-state index contributed by atoms with van der Waals surface area (Å²) < 4.78 is 25.2. The van der Waals surface area contributed by atoms with Crippen molar-refractivity contribution in [1.29, 1.82) is 0 Å². The van der Waals surface area contributed by atoms with Gasteiger partial charge in [-0.15, -0.1) is 12.3 Å². The Morgan fingerprint density at radius 1 is 1.00 bits per heavy atom. The molecule has 1 aliphatic carbocycles. The molecule has 2 heterocycles. The second-order valence-corrected chi connectivity index (χ2v) is 17.2. The summed E-state index contributed by atoms with van der Waals surface area (Å²) in [5.41, 5.74) is -2.51. The number of hydrogen-bond acceptors (Lipinski definition) is 13. The molecule has 2 aliphatic heterocycles. The highest BCUT2D eigenvalue weighted by Crippen LogP contribution is 2.40. The molecule has 0 aromatic rings. The number of rotatable bonds is 10. The van der Waals surface area contributed by atoms with Crippen LogP contribution in [0.2, 0.25) is 0 Å². The third-order valence-electron chi connectivity index (χ3n) is 12.8. The molecule has 312 valence electrons. The largest absolute Gasteiger partial charge is 0.459 e.